The van der Waals surface area contributed by atoms with Crippen molar-refractivity contribution in [3.05, 3.63) is 29.8 Å². The van der Waals surface area contributed by atoms with Crippen molar-refractivity contribution in [3.63, 3.8) is 0 Å². The van der Waals surface area contributed by atoms with Gasteiger partial charge in [0, 0.05) is 31.0 Å². The van der Waals surface area contributed by atoms with Crippen LogP contribution in [-0.4, -0.2) is 62.5 Å². The van der Waals surface area contributed by atoms with E-state index in [4.69, 9.17) is 0 Å². The highest BCUT2D eigenvalue weighted by atomic mass is 16.2. The van der Waals surface area contributed by atoms with E-state index in [1.807, 2.05) is 17.0 Å². The number of amides is 2. The Morgan fingerprint density at radius 1 is 1.00 bits per heavy atom. The fraction of sp³-hybridized carbons (Fsp3) is 0.579. The van der Waals surface area contributed by atoms with E-state index >= 15 is 0 Å². The second-order valence-electron chi connectivity index (χ2n) is 7.31. The van der Waals surface area contributed by atoms with Crippen LogP contribution >= 0.6 is 0 Å². The van der Waals surface area contributed by atoms with Crippen molar-refractivity contribution in [2.45, 2.75) is 26.3 Å². The van der Waals surface area contributed by atoms with Crippen LogP contribution in [0, 0.1) is 0 Å². The largest absolute Gasteiger partial charge is 0.332 e. The van der Waals surface area contributed by atoms with Gasteiger partial charge >= 0.3 is 0 Å². The molecule has 3 rings (SSSR count). The van der Waals surface area contributed by atoms with Gasteiger partial charge in [0.05, 0.1) is 39.3 Å². The van der Waals surface area contributed by atoms with Gasteiger partial charge in [0.25, 0.3) is 5.91 Å². The van der Waals surface area contributed by atoms with E-state index in [1.54, 1.807) is 11.8 Å². The van der Waals surface area contributed by atoms with Crippen molar-refractivity contribution in [1.29, 1.82) is 0 Å². The minimum absolute atomic E-state index is 0.0455. The van der Waals surface area contributed by atoms with Crippen LogP contribution in [0.3, 0.4) is 0 Å². The van der Waals surface area contributed by atoms with E-state index < -0.39 is 0 Å². The monoisotopic (exact) mass is 346 g/mol. The molecule has 0 radical (unpaired) electrons. The molecule has 2 aliphatic heterocycles. The standard InChI is InChI=1S/C19H28N4O2/c1-16(24)23-12-10-22(11-13-23)15-19(25)20-18-6-4-17(5-7-18)14-21-8-2-3-9-21/h4-7H,2-3,8-15H2,1H3,(H,20,25)/p+2. The van der Waals surface area contributed by atoms with Crippen molar-refractivity contribution in [2.24, 2.45) is 0 Å². The molecule has 0 aliphatic carbocycles. The minimum atomic E-state index is 0.0455. The summed E-state index contributed by atoms with van der Waals surface area (Å²) >= 11 is 0. The van der Waals surface area contributed by atoms with Crippen LogP contribution in [0.5, 0.6) is 0 Å². The molecule has 136 valence electrons. The molecule has 3 N–H and O–H groups in total. The molecule has 2 saturated heterocycles. The normalized spacial score (nSPS) is 19.2. The molecular formula is C19H30N4O2+2. The van der Waals surface area contributed by atoms with Crippen molar-refractivity contribution in [2.75, 3.05) is 51.1 Å². The highest BCUT2D eigenvalue weighted by molar-refractivity contribution is 5.91. The Morgan fingerprint density at radius 2 is 1.64 bits per heavy atom. The number of benzene rings is 1. The number of piperazine rings is 1. The number of likely N-dealkylation sites (tertiary alicyclic amines) is 1. The van der Waals surface area contributed by atoms with Crippen molar-refractivity contribution < 1.29 is 19.4 Å². The third-order valence-corrected chi connectivity index (χ3v) is 5.33. The lowest BCUT2D eigenvalue weighted by atomic mass is 10.2. The molecule has 0 unspecified atom stereocenters. The zero-order valence-electron chi connectivity index (χ0n) is 15.1. The highest BCUT2D eigenvalue weighted by Crippen LogP contribution is 2.09. The zero-order chi connectivity index (χ0) is 17.6. The summed E-state index contributed by atoms with van der Waals surface area (Å²) < 4.78 is 0. The van der Waals surface area contributed by atoms with Crippen LogP contribution in [0.25, 0.3) is 0 Å². The summed E-state index contributed by atoms with van der Waals surface area (Å²) in [5.41, 5.74) is 2.20. The quantitative estimate of drug-likeness (QED) is 0.611. The Labute approximate surface area is 149 Å². The third kappa shape index (κ3) is 5.28. The fourth-order valence-electron chi connectivity index (χ4n) is 3.79. The average molecular weight is 346 g/mol. The number of hydrogen-bond acceptors (Lipinski definition) is 2. The number of anilines is 1. The maximum absolute atomic E-state index is 12.2. The average Bonchev–Trinajstić information content (AvgIpc) is 3.10. The Morgan fingerprint density at radius 3 is 2.24 bits per heavy atom. The van der Waals surface area contributed by atoms with Gasteiger partial charge in [-0.1, -0.05) is 12.1 Å². The molecule has 6 heteroatoms. The molecule has 2 aliphatic rings. The molecule has 6 nitrogen and oxygen atoms in total. The van der Waals surface area contributed by atoms with Gasteiger partial charge in [-0.2, -0.15) is 0 Å². The van der Waals surface area contributed by atoms with E-state index in [-0.39, 0.29) is 11.8 Å². The van der Waals surface area contributed by atoms with E-state index in [1.165, 1.54) is 36.4 Å². The molecule has 0 aromatic heterocycles. The first-order valence-electron chi connectivity index (χ1n) is 9.41. The number of nitrogens with one attached hydrogen (secondary N) is 3. The number of carbonyl (C=O) groups excluding carboxylic acids is 2. The minimum Gasteiger partial charge on any atom is -0.332 e. The molecule has 0 spiro atoms. The first-order chi connectivity index (χ1) is 12.1. The summed E-state index contributed by atoms with van der Waals surface area (Å²) in [5.74, 6) is 0.170. The summed E-state index contributed by atoms with van der Waals surface area (Å²) in [4.78, 5) is 28.3. The summed E-state index contributed by atoms with van der Waals surface area (Å²) in [6.07, 6.45) is 2.68. The van der Waals surface area contributed by atoms with Gasteiger partial charge in [0.2, 0.25) is 5.91 Å². The van der Waals surface area contributed by atoms with E-state index in [0.717, 1.165) is 38.4 Å². The lowest BCUT2D eigenvalue weighted by Crippen LogP contribution is -3.15. The number of carbonyl (C=O) groups is 2. The third-order valence-electron chi connectivity index (χ3n) is 5.33. The Balaban J connectivity index is 1.42. The van der Waals surface area contributed by atoms with Gasteiger partial charge in [-0.25, -0.2) is 0 Å². The van der Waals surface area contributed by atoms with E-state index in [2.05, 4.69) is 17.4 Å². The first kappa shape index (κ1) is 17.9. The number of quaternary nitrogens is 2. The Kier molecular flexibility index (Phi) is 6.04. The number of hydrogen-bond donors (Lipinski definition) is 3. The molecule has 2 heterocycles. The summed E-state index contributed by atoms with van der Waals surface area (Å²) in [7, 11) is 0. The number of rotatable bonds is 5. The van der Waals surface area contributed by atoms with Gasteiger partial charge < -0.3 is 20.0 Å². The molecule has 2 fully saturated rings. The molecular weight excluding hydrogens is 316 g/mol. The van der Waals surface area contributed by atoms with Gasteiger partial charge in [-0.05, 0) is 12.1 Å². The maximum Gasteiger partial charge on any atom is 0.279 e. The molecule has 2 amide bonds. The van der Waals surface area contributed by atoms with Gasteiger partial charge in [0.15, 0.2) is 6.54 Å². The predicted octanol–water partition coefficient (Wildman–Crippen LogP) is -1.45. The smallest absolute Gasteiger partial charge is 0.279 e. The molecule has 0 atom stereocenters. The molecule has 0 saturated carbocycles. The van der Waals surface area contributed by atoms with Crippen molar-refractivity contribution in [3.8, 4) is 0 Å². The summed E-state index contributed by atoms with van der Waals surface area (Å²) in [6.45, 7) is 8.86. The van der Waals surface area contributed by atoms with Crippen molar-refractivity contribution >= 4 is 17.5 Å². The zero-order valence-corrected chi connectivity index (χ0v) is 15.1. The lowest BCUT2D eigenvalue weighted by Gasteiger charge is -2.31. The van der Waals surface area contributed by atoms with E-state index in [9.17, 15) is 9.59 Å². The summed E-state index contributed by atoms with van der Waals surface area (Å²) in [5, 5.41) is 3.00. The maximum atomic E-state index is 12.2. The first-order valence-corrected chi connectivity index (χ1v) is 9.41. The second-order valence-corrected chi connectivity index (χ2v) is 7.31. The topological polar surface area (TPSA) is 58.3 Å². The number of nitrogens with zero attached hydrogens (tertiary/aromatic N) is 1. The summed E-state index contributed by atoms with van der Waals surface area (Å²) in [6, 6.07) is 8.26. The molecule has 0 bridgehead atoms. The highest BCUT2D eigenvalue weighted by Gasteiger charge is 2.23. The van der Waals surface area contributed by atoms with Gasteiger partial charge in [-0.15, -0.1) is 0 Å². The van der Waals surface area contributed by atoms with Gasteiger partial charge in [0.1, 0.15) is 6.54 Å². The van der Waals surface area contributed by atoms with Crippen LogP contribution in [0.1, 0.15) is 25.3 Å². The Hall–Kier alpha value is -1.92. The predicted molar refractivity (Wildman–Crippen MR) is 96.5 cm³/mol. The Bertz CT molecular complexity index is 588. The lowest BCUT2D eigenvalue weighted by molar-refractivity contribution is -0.901. The van der Waals surface area contributed by atoms with Crippen LogP contribution < -0.4 is 15.1 Å². The molecule has 1 aromatic rings. The van der Waals surface area contributed by atoms with Gasteiger partial charge in [-0.3, -0.25) is 9.59 Å². The van der Waals surface area contributed by atoms with Crippen LogP contribution in [0.15, 0.2) is 24.3 Å². The fourth-order valence-corrected chi connectivity index (χ4v) is 3.79. The van der Waals surface area contributed by atoms with Crippen LogP contribution in [-0.2, 0) is 16.1 Å². The van der Waals surface area contributed by atoms with E-state index in [0.29, 0.717) is 6.54 Å². The van der Waals surface area contributed by atoms with Crippen LogP contribution in [0.4, 0.5) is 5.69 Å². The molecule has 1 aromatic carbocycles. The second kappa shape index (κ2) is 8.45. The SMILES string of the molecule is CC(=O)N1CC[NH+](CC(=O)Nc2ccc(C[NH+]3CCCC3)cc2)CC1. The van der Waals surface area contributed by atoms with Crippen LogP contribution in [0.2, 0.25) is 0 Å². The van der Waals surface area contributed by atoms with Crippen molar-refractivity contribution in [1.82, 2.24) is 4.90 Å². The molecule has 25 heavy (non-hydrogen) atoms.